The van der Waals surface area contributed by atoms with E-state index < -0.39 is 0 Å². The molecular formula is C11H18N4O. The normalized spacial score (nSPS) is 9.88. The van der Waals surface area contributed by atoms with Gasteiger partial charge < -0.3 is 10.6 Å². The van der Waals surface area contributed by atoms with Crippen molar-refractivity contribution < 1.29 is 4.79 Å². The van der Waals surface area contributed by atoms with E-state index in [1.54, 1.807) is 0 Å². The van der Waals surface area contributed by atoms with Gasteiger partial charge in [-0.2, -0.15) is 0 Å². The lowest BCUT2D eigenvalue weighted by molar-refractivity contribution is -0.119. The molecule has 88 valence electrons. The Bertz CT molecular complexity index is 341. The molecule has 1 aromatic heterocycles. The molecular weight excluding hydrogens is 204 g/mol. The predicted molar refractivity (Wildman–Crippen MR) is 63.2 cm³/mol. The first kappa shape index (κ1) is 12.4. The maximum atomic E-state index is 11.2. The molecule has 0 aromatic carbocycles. The fraction of sp³-hybridized carbons (Fsp3) is 0.545. The third-order valence-electron chi connectivity index (χ3n) is 2.03. The molecule has 0 aliphatic rings. The molecule has 2 N–H and O–H groups in total. The summed E-state index contributed by atoms with van der Waals surface area (Å²) in [5.41, 5.74) is 0.996. The number of amides is 1. The van der Waals surface area contributed by atoms with Crippen LogP contribution in [0.5, 0.6) is 0 Å². The van der Waals surface area contributed by atoms with Gasteiger partial charge in [-0.15, -0.1) is 0 Å². The number of aromatic nitrogens is 2. The molecule has 1 rings (SSSR count). The first-order valence-electron chi connectivity index (χ1n) is 5.57. The Hall–Kier alpha value is -1.65. The van der Waals surface area contributed by atoms with E-state index in [0.717, 1.165) is 18.5 Å². The van der Waals surface area contributed by atoms with Crippen molar-refractivity contribution >= 4 is 11.7 Å². The van der Waals surface area contributed by atoms with Crippen LogP contribution in [0.25, 0.3) is 0 Å². The molecule has 1 amide bonds. The van der Waals surface area contributed by atoms with Crippen LogP contribution >= 0.6 is 0 Å². The second-order valence-corrected chi connectivity index (χ2v) is 3.45. The van der Waals surface area contributed by atoms with E-state index >= 15 is 0 Å². The van der Waals surface area contributed by atoms with Gasteiger partial charge in [0.15, 0.2) is 0 Å². The van der Waals surface area contributed by atoms with Crippen molar-refractivity contribution in [3.8, 4) is 0 Å². The van der Waals surface area contributed by atoms with Gasteiger partial charge >= 0.3 is 0 Å². The van der Waals surface area contributed by atoms with Crippen molar-refractivity contribution in [2.45, 2.75) is 26.7 Å². The van der Waals surface area contributed by atoms with Gasteiger partial charge in [-0.3, -0.25) is 4.79 Å². The van der Waals surface area contributed by atoms with Crippen LogP contribution in [0, 0.1) is 0 Å². The van der Waals surface area contributed by atoms with Crippen LogP contribution in [-0.4, -0.2) is 29.0 Å². The zero-order valence-corrected chi connectivity index (χ0v) is 9.79. The number of nitrogens with zero attached hydrogens (tertiary/aromatic N) is 2. The highest BCUT2D eigenvalue weighted by atomic mass is 16.1. The highest BCUT2D eigenvalue weighted by Crippen LogP contribution is 2.05. The number of hydrogen-bond acceptors (Lipinski definition) is 4. The van der Waals surface area contributed by atoms with E-state index in [-0.39, 0.29) is 12.5 Å². The van der Waals surface area contributed by atoms with Crippen LogP contribution in [0.2, 0.25) is 0 Å². The number of likely N-dealkylation sites (N-methyl/N-ethyl adjacent to an activating group) is 1. The third kappa shape index (κ3) is 4.25. The Morgan fingerprint density at radius 1 is 1.38 bits per heavy atom. The lowest BCUT2D eigenvalue weighted by atomic mass is 10.2. The zero-order valence-electron chi connectivity index (χ0n) is 9.79. The van der Waals surface area contributed by atoms with Crippen molar-refractivity contribution in [1.82, 2.24) is 15.3 Å². The van der Waals surface area contributed by atoms with E-state index in [1.165, 1.54) is 6.33 Å². The molecule has 0 saturated heterocycles. The van der Waals surface area contributed by atoms with E-state index in [1.807, 2.05) is 13.0 Å². The van der Waals surface area contributed by atoms with Crippen molar-refractivity contribution in [3.63, 3.8) is 0 Å². The number of hydrogen-bond donors (Lipinski definition) is 2. The average Bonchev–Trinajstić information content (AvgIpc) is 2.28. The second kappa shape index (κ2) is 6.76. The van der Waals surface area contributed by atoms with Gasteiger partial charge in [0.05, 0.1) is 6.54 Å². The molecule has 16 heavy (non-hydrogen) atoms. The Balaban J connectivity index is 2.47. The van der Waals surface area contributed by atoms with Crippen LogP contribution in [0.1, 0.15) is 26.0 Å². The number of anilines is 1. The number of carbonyl (C=O) groups is 1. The van der Waals surface area contributed by atoms with Gasteiger partial charge in [0.2, 0.25) is 5.91 Å². The Labute approximate surface area is 95.7 Å². The van der Waals surface area contributed by atoms with E-state index in [0.29, 0.717) is 12.4 Å². The van der Waals surface area contributed by atoms with Crippen molar-refractivity contribution in [1.29, 1.82) is 0 Å². The SMILES string of the molecule is CCCc1cc(NCC(=O)NCC)ncn1. The van der Waals surface area contributed by atoms with Gasteiger partial charge in [-0.05, 0) is 13.3 Å². The summed E-state index contributed by atoms with van der Waals surface area (Å²) in [5, 5.41) is 5.68. The summed E-state index contributed by atoms with van der Waals surface area (Å²) in [6, 6.07) is 1.88. The van der Waals surface area contributed by atoms with E-state index in [4.69, 9.17) is 0 Å². The van der Waals surface area contributed by atoms with Crippen LogP contribution < -0.4 is 10.6 Å². The molecule has 0 fully saturated rings. The van der Waals surface area contributed by atoms with Crippen molar-refractivity contribution in [2.24, 2.45) is 0 Å². The maximum absolute atomic E-state index is 11.2. The zero-order chi connectivity index (χ0) is 11.8. The van der Waals surface area contributed by atoms with E-state index in [9.17, 15) is 4.79 Å². The molecule has 0 spiro atoms. The smallest absolute Gasteiger partial charge is 0.239 e. The summed E-state index contributed by atoms with van der Waals surface area (Å²) >= 11 is 0. The van der Waals surface area contributed by atoms with Gasteiger partial charge in [0.1, 0.15) is 12.1 Å². The van der Waals surface area contributed by atoms with Gasteiger partial charge in [0, 0.05) is 18.3 Å². The molecule has 5 nitrogen and oxygen atoms in total. The molecule has 0 saturated carbocycles. The number of rotatable bonds is 6. The van der Waals surface area contributed by atoms with Crippen LogP contribution in [0.3, 0.4) is 0 Å². The number of carbonyl (C=O) groups excluding carboxylic acids is 1. The fourth-order valence-electron chi connectivity index (χ4n) is 1.32. The Kier molecular flexibility index (Phi) is 5.25. The summed E-state index contributed by atoms with van der Waals surface area (Å²) in [6.45, 7) is 4.88. The summed E-state index contributed by atoms with van der Waals surface area (Å²) in [5.74, 6) is 0.669. The topological polar surface area (TPSA) is 66.9 Å². The first-order valence-corrected chi connectivity index (χ1v) is 5.57. The van der Waals surface area contributed by atoms with E-state index in [2.05, 4.69) is 27.5 Å². The van der Waals surface area contributed by atoms with Gasteiger partial charge in [0.25, 0.3) is 0 Å². The molecule has 0 aliphatic carbocycles. The summed E-state index contributed by atoms with van der Waals surface area (Å²) in [7, 11) is 0. The summed E-state index contributed by atoms with van der Waals surface area (Å²) in [4.78, 5) is 19.4. The Morgan fingerprint density at radius 3 is 2.88 bits per heavy atom. The average molecular weight is 222 g/mol. The van der Waals surface area contributed by atoms with Gasteiger partial charge in [-0.25, -0.2) is 9.97 Å². The summed E-state index contributed by atoms with van der Waals surface area (Å²) in [6.07, 6.45) is 3.50. The Morgan fingerprint density at radius 2 is 2.19 bits per heavy atom. The maximum Gasteiger partial charge on any atom is 0.239 e. The standard InChI is InChI=1S/C11H18N4O/c1-3-5-9-6-10(15-8-14-9)13-7-11(16)12-4-2/h6,8H,3-5,7H2,1-2H3,(H,12,16)(H,13,14,15). The minimum absolute atomic E-state index is 0.0295. The second-order valence-electron chi connectivity index (χ2n) is 3.45. The molecule has 0 aliphatic heterocycles. The fourth-order valence-corrected chi connectivity index (χ4v) is 1.32. The highest BCUT2D eigenvalue weighted by Gasteiger charge is 2.01. The molecule has 0 bridgehead atoms. The minimum Gasteiger partial charge on any atom is -0.361 e. The minimum atomic E-state index is -0.0295. The summed E-state index contributed by atoms with van der Waals surface area (Å²) < 4.78 is 0. The number of nitrogens with one attached hydrogen (secondary N) is 2. The van der Waals surface area contributed by atoms with Crippen molar-refractivity contribution in [2.75, 3.05) is 18.4 Å². The first-order chi connectivity index (χ1) is 7.76. The monoisotopic (exact) mass is 222 g/mol. The predicted octanol–water partition coefficient (Wildman–Crippen LogP) is 0.977. The molecule has 0 atom stereocenters. The molecule has 0 unspecified atom stereocenters. The lowest BCUT2D eigenvalue weighted by Gasteiger charge is -2.06. The molecule has 0 radical (unpaired) electrons. The molecule has 1 aromatic rings. The van der Waals surface area contributed by atoms with Crippen LogP contribution in [0.15, 0.2) is 12.4 Å². The molecule has 5 heteroatoms. The van der Waals surface area contributed by atoms with Crippen molar-refractivity contribution in [3.05, 3.63) is 18.1 Å². The van der Waals surface area contributed by atoms with Crippen LogP contribution in [-0.2, 0) is 11.2 Å². The largest absolute Gasteiger partial charge is 0.361 e. The van der Waals surface area contributed by atoms with Gasteiger partial charge in [-0.1, -0.05) is 13.3 Å². The number of aryl methyl sites for hydroxylation is 1. The highest BCUT2D eigenvalue weighted by molar-refractivity contribution is 5.80. The lowest BCUT2D eigenvalue weighted by Crippen LogP contribution is -2.29. The quantitative estimate of drug-likeness (QED) is 0.753. The van der Waals surface area contributed by atoms with Crippen LogP contribution in [0.4, 0.5) is 5.82 Å². The molecule has 1 heterocycles. The third-order valence-corrected chi connectivity index (χ3v) is 2.03.